The zero-order chi connectivity index (χ0) is 17.8. The number of fused-ring (bicyclic) bond motifs is 1. The van der Waals surface area contributed by atoms with Crippen molar-refractivity contribution in [3.8, 4) is 34.8 Å². The number of nitrogen functional groups attached to an aromatic ring is 1. The van der Waals surface area contributed by atoms with Crippen molar-refractivity contribution in [2.75, 3.05) is 32.0 Å². The Morgan fingerprint density at radius 2 is 2.00 bits per heavy atom. The molecule has 0 atom stereocenters. The van der Waals surface area contributed by atoms with Crippen molar-refractivity contribution in [1.82, 2.24) is 4.98 Å². The highest BCUT2D eigenvalue weighted by atomic mass is 32.2. The number of methoxy groups -OCH3 is 1. The third kappa shape index (κ3) is 3.18. The first-order chi connectivity index (χ1) is 12.2. The van der Waals surface area contributed by atoms with Crippen LogP contribution in [-0.4, -0.2) is 31.2 Å². The Balaban J connectivity index is 2.16. The Labute approximate surface area is 148 Å². The average molecular weight is 354 g/mol. The molecule has 0 spiro atoms. The molecule has 8 heteroatoms. The summed E-state index contributed by atoms with van der Waals surface area (Å²) in [6, 6.07) is 9.47. The van der Waals surface area contributed by atoms with E-state index in [1.165, 1.54) is 11.8 Å². The normalized spacial score (nSPS) is 11.8. The summed E-state index contributed by atoms with van der Waals surface area (Å²) in [6.45, 7) is 0.655. The number of thioether (sulfide) groups is 1. The van der Waals surface area contributed by atoms with E-state index in [0.29, 0.717) is 45.6 Å². The lowest BCUT2D eigenvalue weighted by Crippen LogP contribution is -2.04. The summed E-state index contributed by atoms with van der Waals surface area (Å²) in [5, 5.41) is 19.7. The number of ether oxygens (including phenoxy) is 3. The first-order valence-electron chi connectivity index (χ1n) is 7.35. The van der Waals surface area contributed by atoms with E-state index in [1.807, 2.05) is 0 Å². The Hall–Kier alpha value is -2.94. The van der Waals surface area contributed by atoms with Crippen LogP contribution in [0.1, 0.15) is 11.1 Å². The minimum Gasteiger partial charge on any atom is -0.454 e. The molecule has 1 aliphatic rings. The Morgan fingerprint density at radius 3 is 2.72 bits per heavy atom. The number of nitriles is 2. The van der Waals surface area contributed by atoms with Crippen molar-refractivity contribution in [3.63, 3.8) is 0 Å². The molecule has 1 aliphatic heterocycles. The summed E-state index contributed by atoms with van der Waals surface area (Å²) in [6.07, 6.45) is 0. The van der Waals surface area contributed by atoms with Gasteiger partial charge in [0.1, 0.15) is 28.5 Å². The Bertz CT molecular complexity index is 902. The lowest BCUT2D eigenvalue weighted by molar-refractivity contribution is 0.174. The predicted molar refractivity (Wildman–Crippen MR) is 92.2 cm³/mol. The van der Waals surface area contributed by atoms with Crippen LogP contribution in [0.25, 0.3) is 11.1 Å². The molecule has 0 bridgehead atoms. The van der Waals surface area contributed by atoms with E-state index < -0.39 is 0 Å². The van der Waals surface area contributed by atoms with Gasteiger partial charge in [-0.15, -0.1) is 11.8 Å². The molecule has 2 heterocycles. The number of nitrogens with zero attached hydrogens (tertiary/aromatic N) is 3. The third-order valence-corrected chi connectivity index (χ3v) is 4.54. The number of hydrogen-bond donors (Lipinski definition) is 1. The van der Waals surface area contributed by atoms with Gasteiger partial charge in [0.2, 0.25) is 6.79 Å². The molecule has 1 aromatic carbocycles. The summed E-state index contributed by atoms with van der Waals surface area (Å²) in [7, 11) is 1.60. The maximum atomic E-state index is 9.68. The number of anilines is 1. The van der Waals surface area contributed by atoms with E-state index in [0.717, 1.165) is 0 Å². The maximum absolute atomic E-state index is 9.68. The van der Waals surface area contributed by atoms with Crippen molar-refractivity contribution in [3.05, 3.63) is 29.3 Å². The highest BCUT2D eigenvalue weighted by molar-refractivity contribution is 7.99. The van der Waals surface area contributed by atoms with E-state index in [-0.39, 0.29) is 18.2 Å². The third-order valence-electron chi connectivity index (χ3n) is 3.60. The predicted octanol–water partition coefficient (Wildman–Crippen LogP) is 2.54. The average Bonchev–Trinajstić information content (AvgIpc) is 3.09. The number of pyridine rings is 1. The largest absolute Gasteiger partial charge is 0.454 e. The molecule has 2 N–H and O–H groups in total. The molecule has 25 heavy (non-hydrogen) atoms. The van der Waals surface area contributed by atoms with Crippen LogP contribution in [0.2, 0.25) is 0 Å². The van der Waals surface area contributed by atoms with Gasteiger partial charge in [-0.1, -0.05) is 6.07 Å². The Morgan fingerprint density at radius 1 is 1.24 bits per heavy atom. The molecule has 0 fully saturated rings. The fourth-order valence-electron chi connectivity index (χ4n) is 2.46. The first kappa shape index (κ1) is 16.9. The van der Waals surface area contributed by atoms with Gasteiger partial charge in [-0.2, -0.15) is 10.5 Å². The van der Waals surface area contributed by atoms with Crippen LogP contribution in [-0.2, 0) is 4.74 Å². The number of hydrogen-bond acceptors (Lipinski definition) is 8. The molecule has 0 saturated heterocycles. The standard InChI is InChI=1S/C17H14N4O3S/c1-22-4-5-25-17-12(8-19)15(11(7-18)16(20)21-17)10-2-3-13-14(6-10)24-9-23-13/h2-3,6H,4-5,9H2,1H3,(H2,20,21). The summed E-state index contributed by atoms with van der Waals surface area (Å²) in [5.74, 6) is 1.89. The number of aromatic nitrogens is 1. The van der Waals surface area contributed by atoms with Gasteiger partial charge < -0.3 is 19.9 Å². The maximum Gasteiger partial charge on any atom is 0.231 e. The molecule has 2 aromatic rings. The van der Waals surface area contributed by atoms with Gasteiger partial charge in [0.15, 0.2) is 11.5 Å². The second-order valence-electron chi connectivity index (χ2n) is 5.06. The minimum atomic E-state index is 0.0917. The molecule has 0 saturated carbocycles. The molecule has 0 unspecified atom stereocenters. The topological polar surface area (TPSA) is 114 Å². The second kappa shape index (κ2) is 7.31. The van der Waals surface area contributed by atoms with Gasteiger partial charge in [0.25, 0.3) is 0 Å². The number of nitrogens with two attached hydrogens (primary N) is 1. The van der Waals surface area contributed by atoms with Gasteiger partial charge in [-0.05, 0) is 17.7 Å². The van der Waals surface area contributed by atoms with Crippen molar-refractivity contribution in [2.24, 2.45) is 0 Å². The van der Waals surface area contributed by atoms with Crippen molar-refractivity contribution < 1.29 is 14.2 Å². The molecule has 0 radical (unpaired) electrons. The molecular weight excluding hydrogens is 340 g/mol. The molecule has 0 aliphatic carbocycles. The molecule has 3 rings (SSSR count). The zero-order valence-corrected chi connectivity index (χ0v) is 14.2. The van der Waals surface area contributed by atoms with Crippen LogP contribution in [0.4, 0.5) is 5.82 Å². The van der Waals surface area contributed by atoms with Crippen molar-refractivity contribution in [2.45, 2.75) is 5.03 Å². The highest BCUT2D eigenvalue weighted by Crippen LogP contribution is 2.40. The fraction of sp³-hybridized carbons (Fsp3) is 0.235. The lowest BCUT2D eigenvalue weighted by atomic mass is 9.96. The summed E-state index contributed by atoms with van der Waals surface area (Å²) < 4.78 is 15.7. The van der Waals surface area contributed by atoms with Gasteiger partial charge in [0.05, 0.1) is 12.2 Å². The molecule has 7 nitrogen and oxygen atoms in total. The van der Waals surface area contributed by atoms with E-state index in [1.54, 1.807) is 25.3 Å². The van der Waals surface area contributed by atoms with Crippen molar-refractivity contribution in [1.29, 1.82) is 10.5 Å². The van der Waals surface area contributed by atoms with Gasteiger partial charge in [-0.3, -0.25) is 0 Å². The molecule has 0 amide bonds. The van der Waals surface area contributed by atoms with Crippen LogP contribution < -0.4 is 15.2 Å². The van der Waals surface area contributed by atoms with E-state index in [2.05, 4.69) is 17.1 Å². The Kier molecular flexibility index (Phi) is 4.94. The molecule has 126 valence electrons. The van der Waals surface area contributed by atoms with Crippen LogP contribution >= 0.6 is 11.8 Å². The number of rotatable bonds is 5. The SMILES string of the molecule is COCCSc1nc(N)c(C#N)c(-c2ccc3c(c2)OCO3)c1C#N. The van der Waals surface area contributed by atoms with Crippen LogP contribution in [0, 0.1) is 22.7 Å². The smallest absolute Gasteiger partial charge is 0.231 e. The number of benzene rings is 1. The summed E-state index contributed by atoms with van der Waals surface area (Å²) in [5.41, 5.74) is 7.56. The first-order valence-corrected chi connectivity index (χ1v) is 8.33. The quantitative estimate of drug-likeness (QED) is 0.643. The molecular formula is C17H14N4O3S. The minimum absolute atomic E-state index is 0.0917. The molecule has 1 aromatic heterocycles. The lowest BCUT2D eigenvalue weighted by Gasteiger charge is -2.13. The summed E-state index contributed by atoms with van der Waals surface area (Å²) in [4.78, 5) is 4.23. The van der Waals surface area contributed by atoms with Crippen LogP contribution in [0.5, 0.6) is 11.5 Å². The second-order valence-corrected chi connectivity index (χ2v) is 6.14. The van der Waals surface area contributed by atoms with Crippen LogP contribution in [0.3, 0.4) is 0 Å². The summed E-state index contributed by atoms with van der Waals surface area (Å²) >= 11 is 1.36. The highest BCUT2D eigenvalue weighted by Gasteiger charge is 2.22. The van der Waals surface area contributed by atoms with E-state index in [4.69, 9.17) is 19.9 Å². The van der Waals surface area contributed by atoms with Crippen LogP contribution in [0.15, 0.2) is 23.2 Å². The zero-order valence-electron chi connectivity index (χ0n) is 13.4. The van der Waals surface area contributed by atoms with Gasteiger partial charge in [-0.25, -0.2) is 4.98 Å². The van der Waals surface area contributed by atoms with E-state index >= 15 is 0 Å². The van der Waals surface area contributed by atoms with Gasteiger partial charge >= 0.3 is 0 Å². The van der Waals surface area contributed by atoms with Gasteiger partial charge in [0, 0.05) is 18.4 Å². The van der Waals surface area contributed by atoms with Crippen molar-refractivity contribution >= 4 is 17.6 Å². The monoisotopic (exact) mass is 354 g/mol. The van der Waals surface area contributed by atoms with E-state index in [9.17, 15) is 10.5 Å². The fourth-order valence-corrected chi connectivity index (χ4v) is 3.36.